The predicted octanol–water partition coefficient (Wildman–Crippen LogP) is 0.664. The minimum absolute atomic E-state index is 0.0684. The highest BCUT2D eigenvalue weighted by Crippen LogP contribution is 2.12. The first-order valence-corrected chi connectivity index (χ1v) is 6.15. The van der Waals surface area contributed by atoms with E-state index in [9.17, 15) is 4.79 Å². The van der Waals surface area contributed by atoms with E-state index in [4.69, 9.17) is 9.47 Å². The Morgan fingerprint density at radius 1 is 1.68 bits per heavy atom. The molecule has 1 aliphatic heterocycles. The summed E-state index contributed by atoms with van der Waals surface area (Å²) in [7, 11) is 1.62. The number of hydrogen-bond donors (Lipinski definition) is 1. The molecule has 0 spiro atoms. The van der Waals surface area contributed by atoms with Gasteiger partial charge in [-0.1, -0.05) is 0 Å². The summed E-state index contributed by atoms with van der Waals surface area (Å²) in [5.74, 6) is 0. The molecule has 0 saturated carbocycles. The number of morpholine rings is 1. The Labute approximate surface area is 111 Å². The van der Waals surface area contributed by atoms with Crippen molar-refractivity contribution in [1.82, 2.24) is 15.1 Å². The van der Waals surface area contributed by atoms with Gasteiger partial charge < -0.3 is 19.7 Å². The fourth-order valence-electron chi connectivity index (χ4n) is 1.92. The second-order valence-electron chi connectivity index (χ2n) is 4.35. The second kappa shape index (κ2) is 6.44. The predicted molar refractivity (Wildman–Crippen MR) is 69.0 cm³/mol. The Kier molecular flexibility index (Phi) is 4.64. The number of rotatable bonds is 3. The molecule has 0 aliphatic carbocycles. The average Bonchev–Trinajstić information content (AvgIpc) is 2.42. The van der Waals surface area contributed by atoms with Crippen molar-refractivity contribution < 1.29 is 14.3 Å². The highest BCUT2D eigenvalue weighted by molar-refractivity contribution is 5.89. The van der Waals surface area contributed by atoms with E-state index in [0.29, 0.717) is 37.7 Å². The van der Waals surface area contributed by atoms with E-state index >= 15 is 0 Å². The zero-order chi connectivity index (χ0) is 13.7. The number of hydrogen-bond acceptors (Lipinski definition) is 5. The van der Waals surface area contributed by atoms with E-state index in [1.807, 2.05) is 0 Å². The van der Waals surface area contributed by atoms with Gasteiger partial charge in [-0.25, -0.2) is 4.79 Å². The molecule has 2 rings (SSSR count). The van der Waals surface area contributed by atoms with Crippen molar-refractivity contribution in [2.24, 2.45) is 0 Å². The summed E-state index contributed by atoms with van der Waals surface area (Å²) >= 11 is 0. The number of aromatic nitrogens is 2. The van der Waals surface area contributed by atoms with E-state index in [0.717, 1.165) is 0 Å². The number of methoxy groups -OCH3 is 1. The number of ether oxygens (including phenoxy) is 2. The lowest BCUT2D eigenvalue weighted by Crippen LogP contribution is -2.48. The van der Waals surface area contributed by atoms with Crippen LogP contribution >= 0.6 is 0 Å². The molecule has 2 heterocycles. The first-order valence-electron chi connectivity index (χ1n) is 6.15. The third-order valence-corrected chi connectivity index (χ3v) is 2.93. The SMILES string of the molecule is COCC1CN(C(=O)Nc2ccnnc2C)CCO1. The maximum Gasteiger partial charge on any atom is 0.322 e. The Balaban J connectivity index is 1.94. The fourth-order valence-corrected chi connectivity index (χ4v) is 1.92. The Morgan fingerprint density at radius 3 is 3.26 bits per heavy atom. The number of urea groups is 1. The molecule has 7 heteroatoms. The van der Waals surface area contributed by atoms with Crippen LogP contribution in [0.3, 0.4) is 0 Å². The van der Waals surface area contributed by atoms with Gasteiger partial charge in [0.1, 0.15) is 0 Å². The standard InChI is InChI=1S/C12H18N4O3/c1-9-11(3-4-13-15-9)14-12(17)16-5-6-19-10(7-16)8-18-2/h3-4,10H,5-8H2,1-2H3,(H,13,14,17). The van der Waals surface area contributed by atoms with Crippen LogP contribution in [0.15, 0.2) is 12.3 Å². The molecule has 1 atom stereocenters. The van der Waals surface area contributed by atoms with Crippen LogP contribution in [0.25, 0.3) is 0 Å². The smallest absolute Gasteiger partial charge is 0.322 e. The third-order valence-electron chi connectivity index (χ3n) is 2.93. The van der Waals surface area contributed by atoms with Gasteiger partial charge in [-0.2, -0.15) is 10.2 Å². The van der Waals surface area contributed by atoms with Gasteiger partial charge >= 0.3 is 6.03 Å². The minimum Gasteiger partial charge on any atom is -0.382 e. The van der Waals surface area contributed by atoms with Crippen LogP contribution in [0.4, 0.5) is 10.5 Å². The van der Waals surface area contributed by atoms with Gasteiger partial charge in [0.2, 0.25) is 0 Å². The summed E-state index contributed by atoms with van der Waals surface area (Å²) in [4.78, 5) is 13.9. The van der Waals surface area contributed by atoms with Gasteiger partial charge in [-0.3, -0.25) is 0 Å². The minimum atomic E-state index is -0.152. The maximum absolute atomic E-state index is 12.1. The molecule has 1 saturated heterocycles. The number of carbonyl (C=O) groups is 1. The first-order chi connectivity index (χ1) is 9.20. The van der Waals surface area contributed by atoms with Gasteiger partial charge in [-0.05, 0) is 13.0 Å². The lowest BCUT2D eigenvalue weighted by Gasteiger charge is -2.32. The van der Waals surface area contributed by atoms with E-state index < -0.39 is 0 Å². The molecule has 104 valence electrons. The molecule has 0 bridgehead atoms. The van der Waals surface area contributed by atoms with E-state index in [1.165, 1.54) is 0 Å². The van der Waals surface area contributed by atoms with Crippen molar-refractivity contribution in [3.05, 3.63) is 18.0 Å². The molecule has 0 aromatic carbocycles. The van der Waals surface area contributed by atoms with Crippen molar-refractivity contribution in [2.45, 2.75) is 13.0 Å². The number of aryl methyl sites for hydroxylation is 1. The molecule has 1 aliphatic rings. The molecule has 0 radical (unpaired) electrons. The maximum atomic E-state index is 12.1. The van der Waals surface area contributed by atoms with Gasteiger partial charge in [-0.15, -0.1) is 0 Å². The Morgan fingerprint density at radius 2 is 2.53 bits per heavy atom. The van der Waals surface area contributed by atoms with Crippen molar-refractivity contribution >= 4 is 11.7 Å². The van der Waals surface area contributed by atoms with Gasteiger partial charge in [0.05, 0.1) is 43.4 Å². The number of carbonyl (C=O) groups excluding carboxylic acids is 1. The van der Waals surface area contributed by atoms with Crippen molar-refractivity contribution in [1.29, 1.82) is 0 Å². The zero-order valence-electron chi connectivity index (χ0n) is 11.1. The van der Waals surface area contributed by atoms with Gasteiger partial charge in [0, 0.05) is 13.7 Å². The zero-order valence-corrected chi connectivity index (χ0v) is 11.1. The molecule has 1 N–H and O–H groups in total. The van der Waals surface area contributed by atoms with Crippen LogP contribution in [0.5, 0.6) is 0 Å². The number of nitrogens with zero attached hydrogens (tertiary/aromatic N) is 3. The summed E-state index contributed by atoms with van der Waals surface area (Å²) in [5.41, 5.74) is 1.37. The first kappa shape index (κ1) is 13.7. The highest BCUT2D eigenvalue weighted by Gasteiger charge is 2.24. The number of anilines is 1. The summed E-state index contributed by atoms with van der Waals surface area (Å²) in [6.45, 7) is 3.91. The lowest BCUT2D eigenvalue weighted by atomic mass is 10.3. The van der Waals surface area contributed by atoms with Gasteiger partial charge in [0.25, 0.3) is 0 Å². The summed E-state index contributed by atoms with van der Waals surface area (Å²) in [5, 5.41) is 10.5. The summed E-state index contributed by atoms with van der Waals surface area (Å²) in [6.07, 6.45) is 1.48. The topological polar surface area (TPSA) is 76.6 Å². The number of amides is 2. The molecule has 1 unspecified atom stereocenters. The van der Waals surface area contributed by atoms with E-state index in [2.05, 4.69) is 15.5 Å². The quantitative estimate of drug-likeness (QED) is 0.870. The van der Waals surface area contributed by atoms with E-state index in [-0.39, 0.29) is 12.1 Å². The molecule has 1 fully saturated rings. The molecule has 19 heavy (non-hydrogen) atoms. The average molecular weight is 266 g/mol. The number of nitrogens with one attached hydrogen (secondary N) is 1. The third kappa shape index (κ3) is 3.62. The lowest BCUT2D eigenvalue weighted by molar-refractivity contribution is -0.0481. The molecular weight excluding hydrogens is 248 g/mol. The summed E-state index contributed by atoms with van der Waals surface area (Å²) < 4.78 is 10.5. The van der Waals surface area contributed by atoms with Gasteiger partial charge in [0.15, 0.2) is 0 Å². The summed E-state index contributed by atoms with van der Waals surface area (Å²) in [6, 6.07) is 1.58. The van der Waals surface area contributed by atoms with Crippen molar-refractivity contribution in [3.8, 4) is 0 Å². The highest BCUT2D eigenvalue weighted by atomic mass is 16.5. The van der Waals surface area contributed by atoms with E-state index in [1.54, 1.807) is 31.2 Å². The largest absolute Gasteiger partial charge is 0.382 e. The monoisotopic (exact) mass is 266 g/mol. The fraction of sp³-hybridized carbons (Fsp3) is 0.583. The van der Waals surface area contributed by atoms with Crippen LogP contribution in [0.1, 0.15) is 5.69 Å². The van der Waals surface area contributed by atoms with Crippen LogP contribution in [0.2, 0.25) is 0 Å². The van der Waals surface area contributed by atoms with Crippen LogP contribution in [0, 0.1) is 6.92 Å². The van der Waals surface area contributed by atoms with Crippen molar-refractivity contribution in [3.63, 3.8) is 0 Å². The van der Waals surface area contributed by atoms with Crippen LogP contribution < -0.4 is 5.32 Å². The van der Waals surface area contributed by atoms with Crippen molar-refractivity contribution in [2.75, 3.05) is 38.7 Å². The molecule has 7 nitrogen and oxygen atoms in total. The Bertz CT molecular complexity index is 439. The molecular formula is C12H18N4O3. The second-order valence-corrected chi connectivity index (χ2v) is 4.35. The molecule has 1 aromatic rings. The van der Waals surface area contributed by atoms with Crippen LogP contribution in [-0.2, 0) is 9.47 Å². The normalized spacial score (nSPS) is 19.3. The molecule has 2 amide bonds. The van der Waals surface area contributed by atoms with Crippen LogP contribution in [-0.4, -0.2) is 60.6 Å². The molecule has 1 aromatic heterocycles. The Hall–Kier alpha value is -1.73.